The number of nitrogens with one attached hydrogen (secondary N) is 1. The van der Waals surface area contributed by atoms with E-state index in [1.165, 1.54) is 24.6 Å². The van der Waals surface area contributed by atoms with Crippen LogP contribution in [0.25, 0.3) is 11.4 Å². The lowest BCUT2D eigenvalue weighted by Gasteiger charge is -2.34. The molecule has 1 amide bonds. The van der Waals surface area contributed by atoms with Gasteiger partial charge >= 0.3 is 0 Å². The van der Waals surface area contributed by atoms with Crippen molar-refractivity contribution in [1.29, 1.82) is 0 Å². The first-order valence-electron chi connectivity index (χ1n) is 9.61. The fraction of sp³-hybridized carbons (Fsp3) is 0.476. The van der Waals surface area contributed by atoms with E-state index >= 15 is 0 Å². The highest BCUT2D eigenvalue weighted by molar-refractivity contribution is 7.99. The number of thioether (sulfide) groups is 1. The van der Waals surface area contributed by atoms with Gasteiger partial charge in [-0.05, 0) is 18.3 Å². The van der Waals surface area contributed by atoms with Gasteiger partial charge in [0.05, 0.1) is 5.75 Å². The number of aromatic nitrogens is 3. The van der Waals surface area contributed by atoms with Crippen LogP contribution in [0.1, 0.15) is 33.1 Å². The van der Waals surface area contributed by atoms with E-state index in [4.69, 9.17) is 0 Å². The summed E-state index contributed by atoms with van der Waals surface area (Å²) < 4.78 is 2.01. The summed E-state index contributed by atoms with van der Waals surface area (Å²) >= 11 is 1.43. The van der Waals surface area contributed by atoms with Crippen LogP contribution >= 0.6 is 11.8 Å². The number of rotatable bonds is 7. The van der Waals surface area contributed by atoms with Crippen LogP contribution in [0, 0.1) is 11.8 Å². The molecule has 3 unspecified atom stereocenters. The molecule has 5 nitrogen and oxygen atoms in total. The Hall–Kier alpha value is -2.08. The second kappa shape index (κ2) is 9.22. The molecule has 27 heavy (non-hydrogen) atoms. The van der Waals surface area contributed by atoms with Crippen LogP contribution in [0.5, 0.6) is 0 Å². The number of benzene rings is 1. The molecule has 1 saturated carbocycles. The van der Waals surface area contributed by atoms with E-state index in [0.29, 0.717) is 24.1 Å². The minimum absolute atomic E-state index is 0.0698. The molecule has 0 saturated heterocycles. The van der Waals surface area contributed by atoms with Crippen LogP contribution in [0.4, 0.5) is 0 Å². The minimum Gasteiger partial charge on any atom is -0.352 e. The number of hydrogen-bond acceptors (Lipinski definition) is 4. The molecule has 1 aromatic heterocycles. The Balaban J connectivity index is 1.64. The van der Waals surface area contributed by atoms with E-state index < -0.39 is 0 Å². The van der Waals surface area contributed by atoms with Gasteiger partial charge in [0.2, 0.25) is 5.91 Å². The minimum atomic E-state index is 0.0698. The van der Waals surface area contributed by atoms with Crippen molar-refractivity contribution in [2.45, 2.75) is 50.9 Å². The summed E-state index contributed by atoms with van der Waals surface area (Å²) in [5.74, 6) is 2.41. The molecule has 0 bridgehead atoms. The Kier molecular flexibility index (Phi) is 6.72. The van der Waals surface area contributed by atoms with Crippen LogP contribution in [0.15, 0.2) is 48.1 Å². The molecule has 3 rings (SSSR count). The molecule has 2 aromatic rings. The molecule has 6 heteroatoms. The zero-order chi connectivity index (χ0) is 19.2. The average molecular weight is 385 g/mol. The summed E-state index contributed by atoms with van der Waals surface area (Å²) in [6.45, 7) is 8.97. The van der Waals surface area contributed by atoms with Gasteiger partial charge in [0.25, 0.3) is 0 Å². The third kappa shape index (κ3) is 4.80. The molecule has 1 aliphatic rings. The number of carbonyl (C=O) groups excluding carboxylic acids is 1. The second-order valence-electron chi connectivity index (χ2n) is 7.30. The van der Waals surface area contributed by atoms with Gasteiger partial charge in [-0.1, -0.05) is 74.9 Å². The van der Waals surface area contributed by atoms with Gasteiger partial charge in [-0.3, -0.25) is 9.36 Å². The van der Waals surface area contributed by atoms with Crippen LogP contribution in [-0.2, 0) is 11.3 Å². The number of nitrogens with zero attached hydrogens (tertiary/aromatic N) is 3. The molecule has 0 spiro atoms. The summed E-state index contributed by atoms with van der Waals surface area (Å²) in [5.41, 5.74) is 1.01. The maximum atomic E-state index is 12.5. The molecule has 0 radical (unpaired) electrons. The maximum absolute atomic E-state index is 12.5. The number of amides is 1. The second-order valence-corrected chi connectivity index (χ2v) is 8.24. The molecular weight excluding hydrogens is 356 g/mol. The van der Waals surface area contributed by atoms with Gasteiger partial charge in [0.15, 0.2) is 11.0 Å². The lowest BCUT2D eigenvalue weighted by molar-refractivity contribution is -0.120. The molecule has 144 valence electrons. The van der Waals surface area contributed by atoms with E-state index in [0.717, 1.165) is 23.0 Å². The predicted octanol–water partition coefficient (Wildman–Crippen LogP) is 4.16. The molecular formula is C21H28N4OS. The Morgan fingerprint density at radius 2 is 2.07 bits per heavy atom. The Labute approximate surface area is 165 Å². The van der Waals surface area contributed by atoms with E-state index in [-0.39, 0.29) is 11.9 Å². The van der Waals surface area contributed by atoms with Crippen molar-refractivity contribution in [3.63, 3.8) is 0 Å². The van der Waals surface area contributed by atoms with E-state index in [1.54, 1.807) is 0 Å². The van der Waals surface area contributed by atoms with Crippen molar-refractivity contribution < 1.29 is 4.79 Å². The van der Waals surface area contributed by atoms with Crippen molar-refractivity contribution in [2.75, 3.05) is 5.75 Å². The molecule has 1 fully saturated rings. The lowest BCUT2D eigenvalue weighted by Crippen LogP contribution is -2.44. The predicted molar refractivity (Wildman–Crippen MR) is 110 cm³/mol. The quantitative estimate of drug-likeness (QED) is 0.575. The van der Waals surface area contributed by atoms with Gasteiger partial charge in [-0.25, -0.2) is 0 Å². The van der Waals surface area contributed by atoms with E-state index in [9.17, 15) is 4.79 Å². The van der Waals surface area contributed by atoms with Crippen molar-refractivity contribution in [3.8, 4) is 11.4 Å². The fourth-order valence-corrected chi connectivity index (χ4v) is 4.41. The summed E-state index contributed by atoms with van der Waals surface area (Å²) in [4.78, 5) is 12.5. The standard InChI is InChI=1S/C21H28N4OS/c1-4-13-25-20(17-10-6-5-7-11-17)23-24-21(25)27-14-19(26)22-18-12-8-9-15(2)16(18)3/h4-7,10-11,15-16,18H,1,8-9,12-14H2,2-3H3,(H,22,26). The largest absolute Gasteiger partial charge is 0.352 e. The third-order valence-electron chi connectivity index (χ3n) is 5.45. The molecule has 1 aromatic carbocycles. The van der Waals surface area contributed by atoms with Crippen LogP contribution < -0.4 is 5.32 Å². The summed E-state index contributed by atoms with van der Waals surface area (Å²) in [6, 6.07) is 10.2. The Morgan fingerprint density at radius 3 is 2.81 bits per heavy atom. The number of hydrogen-bond donors (Lipinski definition) is 1. The van der Waals surface area contributed by atoms with Gasteiger partial charge < -0.3 is 5.32 Å². The van der Waals surface area contributed by atoms with E-state index in [2.05, 4.69) is 35.9 Å². The first-order chi connectivity index (χ1) is 13.1. The molecule has 1 heterocycles. The van der Waals surface area contributed by atoms with Gasteiger partial charge in [0, 0.05) is 18.2 Å². The number of carbonyl (C=O) groups is 1. The average Bonchev–Trinajstić information content (AvgIpc) is 3.07. The van der Waals surface area contributed by atoms with Gasteiger partial charge in [0.1, 0.15) is 0 Å². The van der Waals surface area contributed by atoms with Crippen LogP contribution in [0.3, 0.4) is 0 Å². The summed E-state index contributed by atoms with van der Waals surface area (Å²) in [7, 11) is 0. The van der Waals surface area contributed by atoms with Gasteiger partial charge in [-0.2, -0.15) is 0 Å². The first kappa shape index (κ1) is 19.7. The third-order valence-corrected chi connectivity index (χ3v) is 6.41. The molecule has 1 N–H and O–H groups in total. The van der Waals surface area contributed by atoms with Crippen LogP contribution in [-0.4, -0.2) is 32.5 Å². The number of allylic oxidation sites excluding steroid dienone is 1. The van der Waals surface area contributed by atoms with Crippen LogP contribution in [0.2, 0.25) is 0 Å². The van der Waals surface area contributed by atoms with Gasteiger partial charge in [-0.15, -0.1) is 16.8 Å². The van der Waals surface area contributed by atoms with Crippen molar-refractivity contribution in [3.05, 3.63) is 43.0 Å². The van der Waals surface area contributed by atoms with Crippen molar-refractivity contribution in [1.82, 2.24) is 20.1 Å². The zero-order valence-electron chi connectivity index (χ0n) is 16.1. The molecule has 1 aliphatic carbocycles. The Morgan fingerprint density at radius 1 is 1.30 bits per heavy atom. The first-order valence-corrected chi connectivity index (χ1v) is 10.6. The lowest BCUT2D eigenvalue weighted by atomic mass is 9.78. The highest BCUT2D eigenvalue weighted by atomic mass is 32.2. The molecule has 3 atom stereocenters. The fourth-order valence-electron chi connectivity index (χ4n) is 3.65. The maximum Gasteiger partial charge on any atom is 0.230 e. The zero-order valence-corrected chi connectivity index (χ0v) is 16.9. The van der Waals surface area contributed by atoms with Crippen molar-refractivity contribution in [2.24, 2.45) is 11.8 Å². The Bertz CT molecular complexity index is 774. The highest BCUT2D eigenvalue weighted by Gasteiger charge is 2.28. The molecule has 0 aliphatic heterocycles. The SMILES string of the molecule is C=CCn1c(SCC(=O)NC2CCCC(C)C2C)nnc1-c1ccccc1. The van der Waals surface area contributed by atoms with Crippen molar-refractivity contribution >= 4 is 17.7 Å². The van der Waals surface area contributed by atoms with E-state index in [1.807, 2.05) is 41.0 Å². The highest BCUT2D eigenvalue weighted by Crippen LogP contribution is 2.30. The smallest absolute Gasteiger partial charge is 0.230 e. The summed E-state index contributed by atoms with van der Waals surface area (Å²) in [6.07, 6.45) is 5.35. The summed E-state index contributed by atoms with van der Waals surface area (Å²) in [5, 5.41) is 12.6. The monoisotopic (exact) mass is 384 g/mol. The normalized spacial score (nSPS) is 22.4. The topological polar surface area (TPSA) is 59.8 Å².